The van der Waals surface area contributed by atoms with Crippen molar-refractivity contribution in [1.29, 1.82) is 0 Å². The van der Waals surface area contributed by atoms with Crippen LogP contribution in [0.5, 0.6) is 0 Å². The highest BCUT2D eigenvalue weighted by molar-refractivity contribution is 9.10. The van der Waals surface area contributed by atoms with Gasteiger partial charge in [-0.05, 0) is 40.0 Å². The van der Waals surface area contributed by atoms with Crippen molar-refractivity contribution < 1.29 is 18.4 Å². The standard InChI is InChI=1S/C21H16BrF2N5O2S/c1-9-14(22)16(28-29(9)2)20(31)27-15-13-11(10-6-4-3-5-7-10)8-12(18(23)24)26-21(13)32-17(15)19(25)30/h3-8,18H,1-2H3,(H2,25,30)(H,27,31). The summed E-state index contributed by atoms with van der Waals surface area (Å²) in [5.74, 6) is -1.39. The normalized spacial score (nSPS) is 11.3. The highest BCUT2D eigenvalue weighted by Crippen LogP contribution is 2.42. The number of benzene rings is 1. The summed E-state index contributed by atoms with van der Waals surface area (Å²) in [6.45, 7) is 1.78. The van der Waals surface area contributed by atoms with Crippen LogP contribution in [0, 0.1) is 6.92 Å². The third kappa shape index (κ3) is 3.78. The molecule has 1 aromatic carbocycles. The van der Waals surface area contributed by atoms with Crippen LogP contribution in [0.4, 0.5) is 14.5 Å². The number of hydrogen-bond acceptors (Lipinski definition) is 5. The van der Waals surface area contributed by atoms with Crippen molar-refractivity contribution in [3.8, 4) is 11.1 Å². The van der Waals surface area contributed by atoms with Crippen LogP contribution in [-0.2, 0) is 7.05 Å². The van der Waals surface area contributed by atoms with Gasteiger partial charge in [0, 0.05) is 12.4 Å². The molecule has 0 aliphatic carbocycles. The molecule has 11 heteroatoms. The van der Waals surface area contributed by atoms with Gasteiger partial charge in [-0.25, -0.2) is 13.8 Å². The summed E-state index contributed by atoms with van der Waals surface area (Å²) in [6.07, 6.45) is -2.81. The van der Waals surface area contributed by atoms with Crippen molar-refractivity contribution in [3.63, 3.8) is 0 Å². The van der Waals surface area contributed by atoms with Gasteiger partial charge in [-0.2, -0.15) is 5.10 Å². The molecule has 0 unspecified atom stereocenters. The van der Waals surface area contributed by atoms with Crippen LogP contribution in [0.3, 0.4) is 0 Å². The molecule has 0 saturated heterocycles. The Labute approximate surface area is 193 Å². The lowest BCUT2D eigenvalue weighted by molar-refractivity contribution is 0.100. The van der Waals surface area contributed by atoms with Crippen LogP contribution < -0.4 is 11.1 Å². The van der Waals surface area contributed by atoms with Crippen molar-refractivity contribution in [2.24, 2.45) is 12.8 Å². The number of nitrogens with one attached hydrogen (secondary N) is 1. The maximum Gasteiger partial charge on any atom is 0.280 e. The number of fused-ring (bicyclic) bond motifs is 1. The average Bonchev–Trinajstić information content (AvgIpc) is 3.26. The van der Waals surface area contributed by atoms with E-state index in [2.05, 4.69) is 31.3 Å². The zero-order chi connectivity index (χ0) is 23.2. The summed E-state index contributed by atoms with van der Waals surface area (Å²) in [4.78, 5) is 29.4. The molecule has 3 aromatic heterocycles. The van der Waals surface area contributed by atoms with E-state index in [1.807, 2.05) is 0 Å². The minimum Gasteiger partial charge on any atom is -0.365 e. The molecule has 0 radical (unpaired) electrons. The third-order valence-corrected chi connectivity index (χ3v) is 6.98. The quantitative estimate of drug-likeness (QED) is 0.384. The Hall–Kier alpha value is -3.18. The number of nitrogens with two attached hydrogens (primary N) is 1. The number of amides is 2. The van der Waals surface area contributed by atoms with Crippen LogP contribution in [0.2, 0.25) is 0 Å². The second-order valence-electron chi connectivity index (χ2n) is 6.94. The molecule has 164 valence electrons. The number of halogens is 3. The molecule has 0 fully saturated rings. The molecular formula is C21H16BrF2N5O2S. The lowest BCUT2D eigenvalue weighted by Gasteiger charge is -2.10. The number of carbonyl (C=O) groups excluding carboxylic acids is 2. The first kappa shape index (κ1) is 22.0. The molecule has 0 atom stereocenters. The van der Waals surface area contributed by atoms with Crippen molar-refractivity contribution in [2.75, 3.05) is 5.32 Å². The number of primary amides is 1. The number of rotatable bonds is 5. The maximum atomic E-state index is 13.5. The predicted octanol–water partition coefficient (Wildman–Crippen LogP) is 5.06. The lowest BCUT2D eigenvalue weighted by Crippen LogP contribution is -2.17. The lowest BCUT2D eigenvalue weighted by atomic mass is 10.0. The number of nitrogens with zero attached hydrogens (tertiary/aromatic N) is 3. The molecule has 0 aliphatic heterocycles. The Balaban J connectivity index is 1.96. The molecule has 3 N–H and O–H groups in total. The minimum atomic E-state index is -2.81. The van der Waals surface area contributed by atoms with Gasteiger partial charge in [0.15, 0.2) is 5.69 Å². The van der Waals surface area contributed by atoms with Crippen LogP contribution >= 0.6 is 27.3 Å². The number of carbonyl (C=O) groups is 2. The molecule has 32 heavy (non-hydrogen) atoms. The maximum absolute atomic E-state index is 13.5. The molecule has 0 spiro atoms. The minimum absolute atomic E-state index is 0.00761. The van der Waals surface area contributed by atoms with Gasteiger partial charge in [-0.3, -0.25) is 14.3 Å². The Bertz CT molecular complexity index is 1370. The first-order valence-electron chi connectivity index (χ1n) is 9.30. The van der Waals surface area contributed by atoms with E-state index in [9.17, 15) is 18.4 Å². The van der Waals surface area contributed by atoms with Gasteiger partial charge in [-0.1, -0.05) is 30.3 Å². The van der Waals surface area contributed by atoms with Gasteiger partial charge < -0.3 is 11.1 Å². The highest BCUT2D eigenvalue weighted by Gasteiger charge is 2.26. The van der Waals surface area contributed by atoms with E-state index in [0.717, 1.165) is 17.0 Å². The Kier molecular flexibility index (Phi) is 5.78. The summed E-state index contributed by atoms with van der Waals surface area (Å²) < 4.78 is 29.1. The summed E-state index contributed by atoms with van der Waals surface area (Å²) in [7, 11) is 1.69. The van der Waals surface area contributed by atoms with Crippen molar-refractivity contribution in [1.82, 2.24) is 14.8 Å². The van der Waals surface area contributed by atoms with Gasteiger partial charge in [0.05, 0.1) is 15.9 Å². The van der Waals surface area contributed by atoms with Gasteiger partial charge in [0.25, 0.3) is 18.2 Å². The molecule has 4 aromatic rings. The van der Waals surface area contributed by atoms with Crippen molar-refractivity contribution >= 4 is 55.0 Å². The first-order chi connectivity index (χ1) is 15.2. The van der Waals surface area contributed by atoms with E-state index >= 15 is 0 Å². The smallest absolute Gasteiger partial charge is 0.280 e. The molecule has 0 bridgehead atoms. The van der Waals surface area contributed by atoms with E-state index in [1.54, 1.807) is 44.3 Å². The second kappa shape index (κ2) is 8.40. The summed E-state index contributed by atoms with van der Waals surface area (Å²) in [6, 6.07) is 10.1. The Morgan fingerprint density at radius 3 is 2.50 bits per heavy atom. The second-order valence-corrected chi connectivity index (χ2v) is 8.73. The Morgan fingerprint density at radius 2 is 1.94 bits per heavy atom. The molecule has 7 nitrogen and oxygen atoms in total. The summed E-state index contributed by atoms with van der Waals surface area (Å²) >= 11 is 4.20. The van der Waals surface area contributed by atoms with E-state index in [4.69, 9.17) is 5.73 Å². The zero-order valence-corrected chi connectivity index (χ0v) is 19.2. The molecule has 4 rings (SSSR count). The molecule has 0 saturated carbocycles. The number of alkyl halides is 2. The molecule has 3 heterocycles. The number of anilines is 1. The van der Waals surface area contributed by atoms with E-state index in [-0.39, 0.29) is 21.1 Å². The Morgan fingerprint density at radius 1 is 1.25 bits per heavy atom. The monoisotopic (exact) mass is 519 g/mol. The van der Waals surface area contributed by atoms with Gasteiger partial charge >= 0.3 is 0 Å². The number of pyridine rings is 1. The fourth-order valence-corrected chi connectivity index (χ4v) is 4.80. The number of hydrogen-bond donors (Lipinski definition) is 2. The van der Waals surface area contributed by atoms with Gasteiger partial charge in [-0.15, -0.1) is 11.3 Å². The number of aromatic nitrogens is 3. The van der Waals surface area contributed by atoms with Crippen LogP contribution in [-0.4, -0.2) is 26.6 Å². The largest absolute Gasteiger partial charge is 0.365 e. The topological polar surface area (TPSA) is 103 Å². The van der Waals surface area contributed by atoms with Crippen LogP contribution in [0.15, 0.2) is 40.9 Å². The van der Waals surface area contributed by atoms with Crippen molar-refractivity contribution in [2.45, 2.75) is 13.3 Å². The number of aryl methyl sites for hydroxylation is 1. The summed E-state index contributed by atoms with van der Waals surface area (Å²) in [5.41, 5.74) is 7.10. The summed E-state index contributed by atoms with van der Waals surface area (Å²) in [5, 5.41) is 7.26. The first-order valence-corrected chi connectivity index (χ1v) is 10.9. The number of thiophene rings is 1. The highest BCUT2D eigenvalue weighted by atomic mass is 79.9. The third-order valence-electron chi connectivity index (χ3n) is 4.93. The van der Waals surface area contributed by atoms with Crippen LogP contribution in [0.1, 0.15) is 38.0 Å². The fraction of sp³-hybridized carbons (Fsp3) is 0.143. The van der Waals surface area contributed by atoms with Gasteiger partial charge in [0.2, 0.25) is 0 Å². The van der Waals surface area contributed by atoms with E-state index in [1.165, 1.54) is 10.7 Å². The average molecular weight is 520 g/mol. The van der Waals surface area contributed by atoms with E-state index in [0.29, 0.717) is 21.0 Å². The van der Waals surface area contributed by atoms with E-state index < -0.39 is 23.9 Å². The van der Waals surface area contributed by atoms with Crippen LogP contribution in [0.25, 0.3) is 21.3 Å². The molecular weight excluding hydrogens is 504 g/mol. The molecule has 2 amide bonds. The fourth-order valence-electron chi connectivity index (χ4n) is 3.27. The predicted molar refractivity (Wildman–Crippen MR) is 122 cm³/mol. The van der Waals surface area contributed by atoms with Gasteiger partial charge in [0.1, 0.15) is 15.4 Å². The zero-order valence-electron chi connectivity index (χ0n) is 16.8. The van der Waals surface area contributed by atoms with Crippen molar-refractivity contribution in [3.05, 3.63) is 62.8 Å². The molecule has 0 aliphatic rings. The SMILES string of the molecule is Cc1c(Br)c(C(=O)Nc2c(C(N)=O)sc3nc(C(F)F)cc(-c4ccccc4)c23)nn1C.